The molecule has 0 amide bonds. The predicted molar refractivity (Wildman–Crippen MR) is 81.3 cm³/mol. The van der Waals surface area contributed by atoms with E-state index in [2.05, 4.69) is 43.6 Å². The van der Waals surface area contributed by atoms with E-state index in [0.717, 1.165) is 34.4 Å². The Bertz CT molecular complexity index is 558. The van der Waals surface area contributed by atoms with Gasteiger partial charge in [0.25, 0.3) is 0 Å². The molecule has 0 aliphatic heterocycles. The van der Waals surface area contributed by atoms with Gasteiger partial charge in [0.1, 0.15) is 18.0 Å². The van der Waals surface area contributed by atoms with Gasteiger partial charge in [0.05, 0.1) is 5.69 Å². The molecule has 100 valence electrons. The molecule has 2 aromatic rings. The van der Waals surface area contributed by atoms with Crippen LogP contribution in [0.5, 0.6) is 0 Å². The van der Waals surface area contributed by atoms with Gasteiger partial charge in [-0.3, -0.25) is 0 Å². The van der Waals surface area contributed by atoms with Gasteiger partial charge in [0.15, 0.2) is 0 Å². The van der Waals surface area contributed by atoms with Crippen LogP contribution in [0.2, 0.25) is 0 Å². The quantitative estimate of drug-likeness (QED) is 0.582. The maximum absolute atomic E-state index is 5.50. The smallest absolute Gasteiger partial charge is 0.148 e. The highest BCUT2D eigenvalue weighted by Gasteiger charge is 2.11. The van der Waals surface area contributed by atoms with E-state index in [-0.39, 0.29) is 0 Å². The summed E-state index contributed by atoms with van der Waals surface area (Å²) in [6.07, 6.45) is 3.34. The number of para-hydroxylation sites is 1. The molecule has 2 rings (SSSR count). The van der Waals surface area contributed by atoms with Crippen molar-refractivity contribution in [2.45, 2.75) is 19.8 Å². The largest absolute Gasteiger partial charge is 0.339 e. The van der Waals surface area contributed by atoms with Crippen LogP contribution in [0.25, 0.3) is 0 Å². The second-order valence-corrected chi connectivity index (χ2v) is 4.90. The molecule has 1 heterocycles. The molecule has 0 spiro atoms. The average Bonchev–Trinajstić information content (AvgIpc) is 2.43. The molecule has 1 aromatic heterocycles. The standard InChI is InChI=1S/C13H16BrN5/c1-2-5-9-12(16-8-17-13(9)19-15)18-11-7-4-3-6-10(11)14/h3-4,6-8H,2,5,15H2,1H3,(H2,16,17,18,19). The first-order chi connectivity index (χ1) is 9.26. The Hall–Kier alpha value is -1.66. The monoisotopic (exact) mass is 321 g/mol. The number of halogens is 1. The van der Waals surface area contributed by atoms with Crippen molar-refractivity contribution in [3.8, 4) is 0 Å². The summed E-state index contributed by atoms with van der Waals surface area (Å²) < 4.78 is 0.985. The number of nitrogens with one attached hydrogen (secondary N) is 2. The topological polar surface area (TPSA) is 75.9 Å². The molecule has 5 nitrogen and oxygen atoms in total. The van der Waals surface area contributed by atoms with Gasteiger partial charge < -0.3 is 10.7 Å². The van der Waals surface area contributed by atoms with Crippen LogP contribution in [-0.2, 0) is 6.42 Å². The molecule has 0 bridgehead atoms. The van der Waals surface area contributed by atoms with Crippen LogP contribution in [0.1, 0.15) is 18.9 Å². The molecular formula is C13H16BrN5. The number of benzene rings is 1. The van der Waals surface area contributed by atoms with Crippen LogP contribution < -0.4 is 16.6 Å². The average molecular weight is 322 g/mol. The Morgan fingerprint density at radius 2 is 1.95 bits per heavy atom. The fourth-order valence-corrected chi connectivity index (χ4v) is 2.21. The molecule has 0 aliphatic rings. The number of anilines is 3. The third-order valence-corrected chi connectivity index (χ3v) is 3.40. The summed E-state index contributed by atoms with van der Waals surface area (Å²) in [5, 5.41) is 3.31. The molecule has 0 saturated heterocycles. The Kier molecular flexibility index (Phi) is 4.70. The zero-order valence-electron chi connectivity index (χ0n) is 10.7. The van der Waals surface area contributed by atoms with Crippen LogP contribution in [0.3, 0.4) is 0 Å². The molecule has 0 radical (unpaired) electrons. The van der Waals surface area contributed by atoms with Crippen molar-refractivity contribution < 1.29 is 0 Å². The summed E-state index contributed by atoms with van der Waals surface area (Å²) in [5.74, 6) is 6.93. The molecule has 0 fully saturated rings. The van der Waals surface area contributed by atoms with Crippen LogP contribution in [0.4, 0.5) is 17.3 Å². The number of hydrazine groups is 1. The number of nitrogen functional groups attached to an aromatic ring is 1. The summed E-state index contributed by atoms with van der Waals surface area (Å²) in [7, 11) is 0. The summed E-state index contributed by atoms with van der Waals surface area (Å²) in [6, 6.07) is 7.90. The van der Waals surface area contributed by atoms with Crippen molar-refractivity contribution >= 4 is 33.3 Å². The lowest BCUT2D eigenvalue weighted by atomic mass is 10.1. The minimum Gasteiger partial charge on any atom is -0.339 e. The Morgan fingerprint density at radius 1 is 1.21 bits per heavy atom. The van der Waals surface area contributed by atoms with Gasteiger partial charge >= 0.3 is 0 Å². The molecule has 0 saturated carbocycles. The lowest BCUT2D eigenvalue weighted by Gasteiger charge is -2.14. The number of nitrogens with two attached hydrogens (primary N) is 1. The maximum Gasteiger partial charge on any atom is 0.148 e. The fraction of sp³-hybridized carbons (Fsp3) is 0.231. The summed E-state index contributed by atoms with van der Waals surface area (Å²) in [6.45, 7) is 2.11. The van der Waals surface area contributed by atoms with Gasteiger partial charge in [-0.25, -0.2) is 15.8 Å². The lowest BCUT2D eigenvalue weighted by Crippen LogP contribution is -2.13. The highest BCUT2D eigenvalue weighted by atomic mass is 79.9. The van der Waals surface area contributed by atoms with Crippen LogP contribution in [0, 0.1) is 0 Å². The predicted octanol–water partition coefficient (Wildman–Crippen LogP) is 3.22. The normalized spacial score (nSPS) is 10.3. The molecule has 6 heteroatoms. The third kappa shape index (κ3) is 3.21. The van der Waals surface area contributed by atoms with Crippen molar-refractivity contribution in [1.29, 1.82) is 0 Å². The Morgan fingerprint density at radius 3 is 2.63 bits per heavy atom. The van der Waals surface area contributed by atoms with Gasteiger partial charge in [0, 0.05) is 10.0 Å². The fourth-order valence-electron chi connectivity index (χ4n) is 1.82. The molecule has 0 unspecified atom stereocenters. The zero-order chi connectivity index (χ0) is 13.7. The number of hydrogen-bond donors (Lipinski definition) is 3. The Labute approximate surface area is 120 Å². The second-order valence-electron chi connectivity index (χ2n) is 4.05. The van der Waals surface area contributed by atoms with Crippen molar-refractivity contribution in [3.63, 3.8) is 0 Å². The first kappa shape index (κ1) is 13.8. The number of rotatable bonds is 5. The van der Waals surface area contributed by atoms with E-state index < -0.39 is 0 Å². The van der Waals surface area contributed by atoms with E-state index in [1.54, 1.807) is 0 Å². The van der Waals surface area contributed by atoms with E-state index in [1.165, 1.54) is 6.33 Å². The summed E-state index contributed by atoms with van der Waals surface area (Å²) in [5.41, 5.74) is 4.57. The number of nitrogens with zero attached hydrogens (tertiary/aromatic N) is 2. The minimum absolute atomic E-state index is 0.659. The van der Waals surface area contributed by atoms with E-state index in [1.807, 2.05) is 24.3 Å². The van der Waals surface area contributed by atoms with Crippen LogP contribution in [-0.4, -0.2) is 9.97 Å². The van der Waals surface area contributed by atoms with Crippen molar-refractivity contribution in [2.75, 3.05) is 10.7 Å². The second kappa shape index (κ2) is 6.49. The lowest BCUT2D eigenvalue weighted by molar-refractivity contribution is 0.903. The summed E-state index contributed by atoms with van der Waals surface area (Å²) in [4.78, 5) is 8.45. The molecule has 4 N–H and O–H groups in total. The van der Waals surface area contributed by atoms with Gasteiger partial charge in [-0.05, 0) is 34.5 Å². The van der Waals surface area contributed by atoms with Crippen LogP contribution in [0.15, 0.2) is 35.1 Å². The van der Waals surface area contributed by atoms with E-state index in [0.29, 0.717) is 5.82 Å². The highest BCUT2D eigenvalue weighted by molar-refractivity contribution is 9.10. The van der Waals surface area contributed by atoms with Gasteiger partial charge in [-0.2, -0.15) is 0 Å². The Balaban J connectivity index is 2.37. The van der Waals surface area contributed by atoms with E-state index in [9.17, 15) is 0 Å². The summed E-state index contributed by atoms with van der Waals surface area (Å²) >= 11 is 3.51. The number of hydrogen-bond acceptors (Lipinski definition) is 5. The van der Waals surface area contributed by atoms with Gasteiger partial charge in [-0.15, -0.1) is 0 Å². The van der Waals surface area contributed by atoms with Gasteiger partial charge in [0.2, 0.25) is 0 Å². The SMILES string of the molecule is CCCc1c(NN)ncnc1Nc1ccccc1Br. The molecule has 0 aliphatic carbocycles. The van der Waals surface area contributed by atoms with E-state index >= 15 is 0 Å². The zero-order valence-corrected chi connectivity index (χ0v) is 12.2. The first-order valence-electron chi connectivity index (χ1n) is 6.08. The highest BCUT2D eigenvalue weighted by Crippen LogP contribution is 2.28. The van der Waals surface area contributed by atoms with Crippen molar-refractivity contribution in [1.82, 2.24) is 9.97 Å². The number of aromatic nitrogens is 2. The van der Waals surface area contributed by atoms with Crippen LogP contribution >= 0.6 is 15.9 Å². The van der Waals surface area contributed by atoms with Crippen molar-refractivity contribution in [2.24, 2.45) is 5.84 Å². The molecule has 1 aromatic carbocycles. The maximum atomic E-state index is 5.50. The van der Waals surface area contributed by atoms with Gasteiger partial charge in [-0.1, -0.05) is 25.5 Å². The van der Waals surface area contributed by atoms with Crippen molar-refractivity contribution in [3.05, 3.63) is 40.6 Å². The third-order valence-electron chi connectivity index (χ3n) is 2.71. The minimum atomic E-state index is 0.659. The molecular weight excluding hydrogens is 306 g/mol. The molecule has 19 heavy (non-hydrogen) atoms. The first-order valence-corrected chi connectivity index (χ1v) is 6.87. The molecule has 0 atom stereocenters. The van der Waals surface area contributed by atoms with E-state index in [4.69, 9.17) is 5.84 Å².